The fourth-order valence-electron chi connectivity index (χ4n) is 3.79. The van der Waals surface area contributed by atoms with Crippen molar-refractivity contribution in [3.05, 3.63) is 35.6 Å². The Morgan fingerprint density at radius 2 is 1.96 bits per heavy atom. The molecule has 1 aliphatic heterocycles. The van der Waals surface area contributed by atoms with Crippen LogP contribution in [0.15, 0.2) is 24.3 Å². The van der Waals surface area contributed by atoms with Crippen molar-refractivity contribution in [2.24, 2.45) is 5.92 Å². The van der Waals surface area contributed by atoms with Gasteiger partial charge in [-0.15, -0.1) is 0 Å². The highest BCUT2D eigenvalue weighted by atomic mass is 19.1. The Morgan fingerprint density at radius 1 is 1.32 bits per heavy atom. The Morgan fingerprint density at radius 3 is 2.60 bits per heavy atom. The topological polar surface area (TPSA) is 69.6 Å². The number of hydrogen-bond acceptors (Lipinski definition) is 3. The summed E-state index contributed by atoms with van der Waals surface area (Å²) >= 11 is 0. The molecule has 1 aliphatic carbocycles. The molecule has 2 unspecified atom stereocenters. The molecule has 1 aromatic carbocycles. The van der Waals surface area contributed by atoms with Crippen molar-refractivity contribution >= 4 is 11.8 Å². The number of hydrogen-bond donors (Lipinski definition) is 2. The number of rotatable bonds is 5. The van der Waals surface area contributed by atoms with Crippen molar-refractivity contribution in [1.29, 1.82) is 0 Å². The molecule has 3 rings (SSSR count). The van der Waals surface area contributed by atoms with Crippen molar-refractivity contribution < 1.29 is 19.1 Å². The highest BCUT2D eigenvalue weighted by molar-refractivity contribution is 5.89. The minimum Gasteiger partial charge on any atom is -0.384 e. The maximum absolute atomic E-state index is 13.0. The van der Waals surface area contributed by atoms with E-state index in [0.717, 1.165) is 25.7 Å². The van der Waals surface area contributed by atoms with Gasteiger partial charge >= 0.3 is 0 Å². The molecule has 2 N–H and O–H groups in total. The number of amides is 2. The zero-order chi connectivity index (χ0) is 18.0. The van der Waals surface area contributed by atoms with E-state index in [9.17, 15) is 19.1 Å². The Balaban J connectivity index is 1.55. The van der Waals surface area contributed by atoms with Crippen molar-refractivity contribution in [3.63, 3.8) is 0 Å². The summed E-state index contributed by atoms with van der Waals surface area (Å²) in [6, 6.07) is 5.85. The first-order valence-corrected chi connectivity index (χ1v) is 8.92. The van der Waals surface area contributed by atoms with Gasteiger partial charge in [0.15, 0.2) is 0 Å². The van der Waals surface area contributed by atoms with E-state index in [1.807, 2.05) is 4.90 Å². The summed E-state index contributed by atoms with van der Waals surface area (Å²) < 4.78 is 13.0. The lowest BCUT2D eigenvalue weighted by atomic mass is 9.95. The molecule has 5 nitrogen and oxygen atoms in total. The summed E-state index contributed by atoms with van der Waals surface area (Å²) in [6.07, 6.45) is 4.58. The van der Waals surface area contributed by atoms with Crippen LogP contribution in [0.1, 0.15) is 44.6 Å². The molecule has 0 bridgehead atoms. The fraction of sp³-hybridized carbons (Fsp3) is 0.579. The first-order chi connectivity index (χ1) is 11.9. The quantitative estimate of drug-likeness (QED) is 0.854. The second-order valence-electron chi connectivity index (χ2n) is 7.38. The van der Waals surface area contributed by atoms with Gasteiger partial charge in [-0.25, -0.2) is 4.39 Å². The average Bonchev–Trinajstić information content (AvgIpc) is 3.22. The lowest BCUT2D eigenvalue weighted by molar-refractivity contribution is -0.130. The Bertz CT molecular complexity index is 639. The molecule has 1 saturated heterocycles. The monoisotopic (exact) mass is 348 g/mol. The summed E-state index contributed by atoms with van der Waals surface area (Å²) in [5, 5.41) is 13.3. The van der Waals surface area contributed by atoms with Crippen LogP contribution < -0.4 is 5.32 Å². The molecule has 2 aliphatic rings. The number of halogens is 1. The third-order valence-corrected chi connectivity index (χ3v) is 5.37. The van der Waals surface area contributed by atoms with E-state index >= 15 is 0 Å². The van der Waals surface area contributed by atoms with Gasteiger partial charge < -0.3 is 15.3 Å². The molecule has 2 amide bonds. The average molecular weight is 348 g/mol. The van der Waals surface area contributed by atoms with Crippen LogP contribution in [0.4, 0.5) is 4.39 Å². The summed E-state index contributed by atoms with van der Waals surface area (Å²) in [5.74, 6) is -0.897. The second-order valence-corrected chi connectivity index (χ2v) is 7.38. The van der Waals surface area contributed by atoms with Gasteiger partial charge in [0, 0.05) is 19.0 Å². The number of likely N-dealkylation sites (tertiary alicyclic amines) is 1. The molecule has 1 heterocycles. The third kappa shape index (κ3) is 4.00. The van der Waals surface area contributed by atoms with Crippen LogP contribution >= 0.6 is 0 Å². The van der Waals surface area contributed by atoms with Gasteiger partial charge in [-0.3, -0.25) is 9.59 Å². The standard InChI is InChI=1S/C19H25FN2O3/c1-19(25,14-6-8-15(20)9-7-14)12-21-18(24)13-10-17(23)22(11-13)16-4-2-3-5-16/h6-9,13,16,25H,2-5,10-12H2,1H3,(H,21,24). The summed E-state index contributed by atoms with van der Waals surface area (Å²) in [7, 11) is 0. The minimum atomic E-state index is -1.29. The molecule has 1 aromatic rings. The van der Waals surface area contributed by atoms with Gasteiger partial charge in [0.05, 0.1) is 12.5 Å². The van der Waals surface area contributed by atoms with Gasteiger partial charge in [-0.05, 0) is 37.5 Å². The molecular weight excluding hydrogens is 323 g/mol. The van der Waals surface area contributed by atoms with Crippen molar-refractivity contribution in [3.8, 4) is 0 Å². The van der Waals surface area contributed by atoms with Crippen molar-refractivity contribution in [2.45, 2.75) is 50.7 Å². The van der Waals surface area contributed by atoms with E-state index in [1.54, 1.807) is 6.92 Å². The SMILES string of the molecule is CC(O)(CNC(=O)C1CC(=O)N(C2CCCC2)C1)c1ccc(F)cc1. The Kier molecular flexibility index (Phi) is 5.08. The van der Waals surface area contributed by atoms with Crippen LogP contribution in [0.3, 0.4) is 0 Å². The number of carbonyl (C=O) groups is 2. The summed E-state index contributed by atoms with van der Waals surface area (Å²) in [6.45, 7) is 2.06. The van der Waals surface area contributed by atoms with Gasteiger partial charge in [0.1, 0.15) is 11.4 Å². The zero-order valence-corrected chi connectivity index (χ0v) is 14.5. The van der Waals surface area contributed by atoms with E-state index in [4.69, 9.17) is 0 Å². The Labute approximate surface area is 147 Å². The zero-order valence-electron chi connectivity index (χ0n) is 14.5. The van der Waals surface area contributed by atoms with E-state index < -0.39 is 5.60 Å². The molecule has 0 radical (unpaired) electrons. The highest BCUT2D eigenvalue weighted by Gasteiger charge is 2.39. The number of carbonyl (C=O) groups excluding carboxylic acids is 2. The maximum Gasteiger partial charge on any atom is 0.225 e. The van der Waals surface area contributed by atoms with Gasteiger partial charge in [0.2, 0.25) is 11.8 Å². The van der Waals surface area contributed by atoms with E-state index in [1.165, 1.54) is 24.3 Å². The molecule has 0 aromatic heterocycles. The fourth-order valence-corrected chi connectivity index (χ4v) is 3.79. The van der Waals surface area contributed by atoms with Crippen LogP contribution in [0.5, 0.6) is 0 Å². The molecule has 1 saturated carbocycles. The smallest absolute Gasteiger partial charge is 0.225 e. The van der Waals surface area contributed by atoms with Gasteiger partial charge in [-0.2, -0.15) is 0 Å². The molecular formula is C19H25FN2O3. The number of nitrogens with one attached hydrogen (secondary N) is 1. The number of aliphatic hydroxyl groups is 1. The molecule has 2 fully saturated rings. The van der Waals surface area contributed by atoms with Crippen LogP contribution in [0.25, 0.3) is 0 Å². The highest BCUT2D eigenvalue weighted by Crippen LogP contribution is 2.29. The molecule has 0 spiro atoms. The lowest BCUT2D eigenvalue weighted by Gasteiger charge is -2.26. The molecule has 6 heteroatoms. The molecule has 2 atom stereocenters. The normalized spacial score (nSPS) is 23.7. The van der Waals surface area contributed by atoms with Crippen molar-refractivity contribution in [1.82, 2.24) is 10.2 Å². The third-order valence-electron chi connectivity index (χ3n) is 5.37. The van der Waals surface area contributed by atoms with Crippen LogP contribution in [0.2, 0.25) is 0 Å². The predicted molar refractivity (Wildman–Crippen MR) is 91.1 cm³/mol. The predicted octanol–water partition coefficient (Wildman–Crippen LogP) is 1.94. The van der Waals surface area contributed by atoms with Crippen LogP contribution in [-0.4, -0.2) is 41.0 Å². The molecule has 25 heavy (non-hydrogen) atoms. The lowest BCUT2D eigenvalue weighted by Crippen LogP contribution is -2.42. The van der Waals surface area contributed by atoms with Gasteiger partial charge in [-0.1, -0.05) is 25.0 Å². The molecule has 136 valence electrons. The number of nitrogens with zero attached hydrogens (tertiary/aromatic N) is 1. The van der Waals surface area contributed by atoms with E-state index in [0.29, 0.717) is 12.1 Å². The summed E-state index contributed by atoms with van der Waals surface area (Å²) in [5.41, 5.74) is -0.763. The minimum absolute atomic E-state index is 0.0194. The van der Waals surface area contributed by atoms with Crippen LogP contribution in [-0.2, 0) is 15.2 Å². The summed E-state index contributed by atoms with van der Waals surface area (Å²) in [4.78, 5) is 26.5. The van der Waals surface area contributed by atoms with E-state index in [-0.39, 0.29) is 42.6 Å². The first kappa shape index (κ1) is 17.9. The van der Waals surface area contributed by atoms with E-state index in [2.05, 4.69) is 5.32 Å². The van der Waals surface area contributed by atoms with Crippen LogP contribution in [0, 0.1) is 11.7 Å². The first-order valence-electron chi connectivity index (χ1n) is 8.92. The van der Waals surface area contributed by atoms with Gasteiger partial charge in [0.25, 0.3) is 0 Å². The van der Waals surface area contributed by atoms with Crippen molar-refractivity contribution in [2.75, 3.05) is 13.1 Å². The Hall–Kier alpha value is -1.95. The second kappa shape index (κ2) is 7.12. The maximum atomic E-state index is 13.0. The number of benzene rings is 1. The largest absolute Gasteiger partial charge is 0.384 e.